The SMILES string of the molecule is Nc1cc2c(Br)ccc(Cl)c2cn1. The first kappa shape index (κ1) is 8.78. The summed E-state index contributed by atoms with van der Waals surface area (Å²) in [5, 5.41) is 2.58. The Balaban J connectivity index is 2.92. The number of hydrogen-bond donors (Lipinski definition) is 1. The van der Waals surface area contributed by atoms with Crippen molar-refractivity contribution in [3.05, 3.63) is 33.9 Å². The highest BCUT2D eigenvalue weighted by molar-refractivity contribution is 9.10. The van der Waals surface area contributed by atoms with Crippen molar-refractivity contribution < 1.29 is 0 Å². The van der Waals surface area contributed by atoms with Crippen molar-refractivity contribution in [2.75, 3.05) is 5.73 Å². The van der Waals surface area contributed by atoms with E-state index in [1.807, 2.05) is 12.1 Å². The van der Waals surface area contributed by atoms with Gasteiger partial charge in [0.15, 0.2) is 0 Å². The van der Waals surface area contributed by atoms with Gasteiger partial charge in [-0.05, 0) is 18.2 Å². The van der Waals surface area contributed by atoms with E-state index in [0.29, 0.717) is 10.8 Å². The molecule has 0 bridgehead atoms. The standard InChI is InChI=1S/C9H6BrClN2/c10-7-1-2-8(11)6-4-13-9(12)3-5(6)7/h1-4H,(H2,12,13). The van der Waals surface area contributed by atoms with Crippen molar-refractivity contribution >= 4 is 44.1 Å². The minimum absolute atomic E-state index is 0.496. The van der Waals surface area contributed by atoms with Crippen LogP contribution in [0, 0.1) is 0 Å². The minimum Gasteiger partial charge on any atom is -0.384 e. The number of benzene rings is 1. The van der Waals surface area contributed by atoms with Gasteiger partial charge in [0.1, 0.15) is 5.82 Å². The molecule has 0 radical (unpaired) electrons. The molecule has 13 heavy (non-hydrogen) atoms. The van der Waals surface area contributed by atoms with Crippen LogP contribution < -0.4 is 5.73 Å². The molecule has 0 atom stereocenters. The van der Waals surface area contributed by atoms with Crippen molar-refractivity contribution in [1.29, 1.82) is 0 Å². The molecule has 0 unspecified atom stereocenters. The molecule has 0 fully saturated rings. The second-order valence-corrected chi connectivity index (χ2v) is 3.95. The molecule has 1 aromatic carbocycles. The van der Waals surface area contributed by atoms with Gasteiger partial charge in [0.25, 0.3) is 0 Å². The van der Waals surface area contributed by atoms with Crippen LogP contribution >= 0.6 is 27.5 Å². The van der Waals surface area contributed by atoms with Crippen LogP contribution in [0.1, 0.15) is 0 Å². The predicted molar refractivity (Wildman–Crippen MR) is 58.9 cm³/mol. The number of hydrogen-bond acceptors (Lipinski definition) is 2. The summed E-state index contributed by atoms with van der Waals surface area (Å²) < 4.78 is 0.973. The summed E-state index contributed by atoms with van der Waals surface area (Å²) in [6.45, 7) is 0. The van der Waals surface area contributed by atoms with Gasteiger partial charge in [-0.15, -0.1) is 0 Å². The van der Waals surface area contributed by atoms with E-state index in [-0.39, 0.29) is 0 Å². The average Bonchev–Trinajstić information content (AvgIpc) is 2.12. The molecular weight excluding hydrogens is 251 g/mol. The van der Waals surface area contributed by atoms with Crippen LogP contribution in [0.3, 0.4) is 0 Å². The molecule has 0 amide bonds. The lowest BCUT2D eigenvalue weighted by Crippen LogP contribution is -1.89. The lowest BCUT2D eigenvalue weighted by molar-refractivity contribution is 1.37. The van der Waals surface area contributed by atoms with E-state index >= 15 is 0 Å². The highest BCUT2D eigenvalue weighted by Crippen LogP contribution is 2.30. The van der Waals surface area contributed by atoms with Gasteiger partial charge in [0.2, 0.25) is 0 Å². The van der Waals surface area contributed by atoms with E-state index in [1.165, 1.54) is 0 Å². The summed E-state index contributed by atoms with van der Waals surface area (Å²) in [6, 6.07) is 5.52. The highest BCUT2D eigenvalue weighted by atomic mass is 79.9. The Kier molecular flexibility index (Phi) is 2.14. The molecule has 0 spiro atoms. The zero-order valence-electron chi connectivity index (χ0n) is 6.59. The quantitative estimate of drug-likeness (QED) is 0.787. The van der Waals surface area contributed by atoms with Crippen molar-refractivity contribution in [2.24, 2.45) is 0 Å². The first-order valence-corrected chi connectivity index (χ1v) is 4.85. The molecule has 0 saturated carbocycles. The van der Waals surface area contributed by atoms with Crippen LogP contribution in [0.4, 0.5) is 5.82 Å². The first-order valence-electron chi connectivity index (χ1n) is 3.68. The smallest absolute Gasteiger partial charge is 0.123 e. The monoisotopic (exact) mass is 256 g/mol. The number of rotatable bonds is 0. The molecule has 0 saturated heterocycles. The van der Waals surface area contributed by atoms with Crippen molar-refractivity contribution in [3.8, 4) is 0 Å². The van der Waals surface area contributed by atoms with Crippen LogP contribution in [0.15, 0.2) is 28.9 Å². The van der Waals surface area contributed by atoms with Crippen molar-refractivity contribution in [1.82, 2.24) is 4.98 Å². The summed E-state index contributed by atoms with van der Waals surface area (Å²) in [5.41, 5.74) is 5.57. The third-order valence-electron chi connectivity index (χ3n) is 1.82. The number of pyridine rings is 1. The van der Waals surface area contributed by atoms with Gasteiger partial charge in [-0.2, -0.15) is 0 Å². The lowest BCUT2D eigenvalue weighted by Gasteiger charge is -2.02. The second-order valence-electron chi connectivity index (χ2n) is 2.68. The molecule has 0 aliphatic heterocycles. The largest absolute Gasteiger partial charge is 0.384 e. The van der Waals surface area contributed by atoms with E-state index in [9.17, 15) is 0 Å². The number of anilines is 1. The summed E-state index contributed by atoms with van der Waals surface area (Å²) in [5.74, 6) is 0.496. The van der Waals surface area contributed by atoms with Gasteiger partial charge in [-0.25, -0.2) is 4.98 Å². The minimum atomic E-state index is 0.496. The van der Waals surface area contributed by atoms with Gasteiger partial charge in [0, 0.05) is 21.4 Å². The Morgan fingerprint density at radius 1 is 1.31 bits per heavy atom. The molecule has 4 heteroatoms. The fraction of sp³-hybridized carbons (Fsp3) is 0. The van der Waals surface area contributed by atoms with E-state index in [0.717, 1.165) is 15.2 Å². The van der Waals surface area contributed by atoms with Crippen LogP contribution in [-0.2, 0) is 0 Å². The van der Waals surface area contributed by atoms with E-state index < -0.39 is 0 Å². The van der Waals surface area contributed by atoms with E-state index in [1.54, 1.807) is 12.3 Å². The number of aromatic nitrogens is 1. The molecule has 1 aromatic heterocycles. The normalized spacial score (nSPS) is 10.6. The summed E-state index contributed by atoms with van der Waals surface area (Å²) in [6.07, 6.45) is 1.68. The summed E-state index contributed by atoms with van der Waals surface area (Å²) >= 11 is 9.40. The fourth-order valence-corrected chi connectivity index (χ4v) is 1.86. The lowest BCUT2D eigenvalue weighted by atomic mass is 10.2. The maximum Gasteiger partial charge on any atom is 0.123 e. The Morgan fingerprint density at radius 2 is 2.08 bits per heavy atom. The maximum atomic E-state index is 5.98. The summed E-state index contributed by atoms with van der Waals surface area (Å²) in [7, 11) is 0. The Hall–Kier alpha value is -0.800. The first-order chi connectivity index (χ1) is 6.18. The Morgan fingerprint density at radius 3 is 2.85 bits per heavy atom. The topological polar surface area (TPSA) is 38.9 Å². The van der Waals surface area contributed by atoms with Gasteiger partial charge in [-0.1, -0.05) is 27.5 Å². The second kappa shape index (κ2) is 3.16. The van der Waals surface area contributed by atoms with Crippen molar-refractivity contribution in [3.63, 3.8) is 0 Å². The summed E-state index contributed by atoms with van der Waals surface area (Å²) in [4.78, 5) is 3.98. The number of nitrogens with zero attached hydrogens (tertiary/aromatic N) is 1. The highest BCUT2D eigenvalue weighted by Gasteiger charge is 2.03. The molecule has 2 N–H and O–H groups in total. The molecular formula is C9H6BrClN2. The molecule has 2 aromatic rings. The van der Waals surface area contributed by atoms with E-state index in [4.69, 9.17) is 17.3 Å². The Labute approximate surface area is 88.8 Å². The molecule has 2 rings (SSSR count). The number of fused-ring (bicyclic) bond motifs is 1. The molecule has 0 aliphatic carbocycles. The van der Waals surface area contributed by atoms with Crippen LogP contribution in [0.25, 0.3) is 10.8 Å². The molecule has 0 aliphatic rings. The number of halogens is 2. The van der Waals surface area contributed by atoms with Crippen LogP contribution in [0.2, 0.25) is 5.02 Å². The third-order valence-corrected chi connectivity index (χ3v) is 2.84. The molecule has 1 heterocycles. The third kappa shape index (κ3) is 1.49. The zero-order valence-corrected chi connectivity index (χ0v) is 8.93. The van der Waals surface area contributed by atoms with Crippen LogP contribution in [-0.4, -0.2) is 4.98 Å². The van der Waals surface area contributed by atoms with Gasteiger partial charge >= 0.3 is 0 Å². The van der Waals surface area contributed by atoms with E-state index in [2.05, 4.69) is 20.9 Å². The number of nitrogen functional groups attached to an aromatic ring is 1. The average molecular weight is 258 g/mol. The fourth-order valence-electron chi connectivity index (χ4n) is 1.19. The number of nitrogens with two attached hydrogens (primary N) is 1. The van der Waals surface area contributed by atoms with Gasteiger partial charge in [0.05, 0.1) is 5.02 Å². The predicted octanol–water partition coefficient (Wildman–Crippen LogP) is 3.23. The maximum absolute atomic E-state index is 5.98. The van der Waals surface area contributed by atoms with Gasteiger partial charge < -0.3 is 5.73 Å². The van der Waals surface area contributed by atoms with Gasteiger partial charge in [-0.3, -0.25) is 0 Å². The van der Waals surface area contributed by atoms with Crippen molar-refractivity contribution in [2.45, 2.75) is 0 Å². The molecule has 2 nitrogen and oxygen atoms in total. The Bertz CT molecular complexity index is 470. The zero-order chi connectivity index (χ0) is 9.42. The molecule has 66 valence electrons. The van der Waals surface area contributed by atoms with Crippen LogP contribution in [0.5, 0.6) is 0 Å².